The molecule has 0 atom stereocenters. The third kappa shape index (κ3) is 6.46. The molecule has 0 amide bonds. The lowest BCUT2D eigenvalue weighted by Gasteiger charge is -2.20. The molecule has 0 heterocycles. The number of hydrogen-bond donors (Lipinski definition) is 2. The minimum absolute atomic E-state index is 0.333. The lowest BCUT2D eigenvalue weighted by Crippen LogP contribution is -2.26. The van der Waals surface area contributed by atoms with Crippen molar-refractivity contribution in [2.45, 2.75) is 33.6 Å². The van der Waals surface area contributed by atoms with Crippen molar-refractivity contribution >= 4 is 13.4 Å². The van der Waals surface area contributed by atoms with E-state index in [1.54, 1.807) is 13.8 Å². The van der Waals surface area contributed by atoms with Gasteiger partial charge < -0.3 is 9.79 Å². The Hall–Kier alpha value is -0.620. The van der Waals surface area contributed by atoms with Crippen molar-refractivity contribution < 1.29 is 19.1 Å². The average molecular weight is 232 g/mol. The van der Waals surface area contributed by atoms with E-state index in [1.165, 1.54) is 0 Å². The van der Waals surface area contributed by atoms with Crippen LogP contribution in [0.3, 0.4) is 0 Å². The Bertz CT molecular complexity index is 329. The summed E-state index contributed by atoms with van der Waals surface area (Å²) in [4.78, 5) is 28.9. The van der Waals surface area contributed by atoms with E-state index in [4.69, 9.17) is 9.79 Å². The molecule has 0 aromatic heterocycles. The standard InChI is InChI=1S/C10H17O4P/c1-4-5-6-7-10(2,3)9(11)8-15(12,13)14/h4,7-8H2,1-3H3,(H2,12,13,14). The third-order valence-corrected chi connectivity index (χ3v) is 2.64. The van der Waals surface area contributed by atoms with Gasteiger partial charge in [-0.3, -0.25) is 9.36 Å². The van der Waals surface area contributed by atoms with E-state index in [2.05, 4.69) is 11.8 Å². The van der Waals surface area contributed by atoms with Gasteiger partial charge in [0, 0.05) is 18.3 Å². The van der Waals surface area contributed by atoms with E-state index in [1.807, 2.05) is 6.92 Å². The third-order valence-electron chi connectivity index (χ3n) is 1.94. The van der Waals surface area contributed by atoms with Gasteiger partial charge in [-0.2, -0.15) is 0 Å². The summed E-state index contributed by atoms with van der Waals surface area (Å²) in [5.41, 5.74) is -0.788. The Morgan fingerprint density at radius 3 is 2.27 bits per heavy atom. The molecule has 5 heteroatoms. The van der Waals surface area contributed by atoms with Crippen LogP contribution in [0.25, 0.3) is 0 Å². The van der Waals surface area contributed by atoms with E-state index in [0.29, 0.717) is 12.8 Å². The topological polar surface area (TPSA) is 74.6 Å². The van der Waals surface area contributed by atoms with E-state index in [0.717, 1.165) is 0 Å². The molecule has 0 saturated carbocycles. The molecule has 0 unspecified atom stereocenters. The van der Waals surface area contributed by atoms with Crippen LogP contribution in [0.5, 0.6) is 0 Å². The number of carbonyl (C=O) groups excluding carboxylic acids is 1. The Kier molecular flexibility index (Phi) is 5.23. The van der Waals surface area contributed by atoms with Crippen molar-refractivity contribution in [1.29, 1.82) is 0 Å². The second kappa shape index (κ2) is 5.46. The van der Waals surface area contributed by atoms with Crippen LogP contribution < -0.4 is 0 Å². The van der Waals surface area contributed by atoms with Gasteiger partial charge in [-0.25, -0.2) is 0 Å². The van der Waals surface area contributed by atoms with E-state index in [-0.39, 0.29) is 0 Å². The highest BCUT2D eigenvalue weighted by Crippen LogP contribution is 2.37. The Morgan fingerprint density at radius 1 is 1.33 bits per heavy atom. The molecule has 2 N–H and O–H groups in total. The zero-order chi connectivity index (χ0) is 12.1. The van der Waals surface area contributed by atoms with Gasteiger partial charge in [-0.05, 0) is 0 Å². The molecule has 0 rings (SSSR count). The molecule has 0 aromatic carbocycles. The van der Waals surface area contributed by atoms with Crippen molar-refractivity contribution in [2.24, 2.45) is 5.41 Å². The van der Waals surface area contributed by atoms with Crippen LogP contribution in [0.15, 0.2) is 0 Å². The summed E-state index contributed by atoms with van der Waals surface area (Å²) in [6.45, 7) is 5.20. The van der Waals surface area contributed by atoms with Crippen molar-refractivity contribution in [2.75, 3.05) is 6.16 Å². The Labute approximate surface area is 90.2 Å². The minimum Gasteiger partial charge on any atom is -0.324 e. The smallest absolute Gasteiger partial charge is 0.324 e. The predicted octanol–water partition coefficient (Wildman–Crippen LogP) is 1.56. The fourth-order valence-corrected chi connectivity index (χ4v) is 1.71. The molecule has 0 spiro atoms. The largest absolute Gasteiger partial charge is 0.332 e. The summed E-state index contributed by atoms with van der Waals surface area (Å²) in [6.07, 6.45) is 0.343. The molecule has 0 aromatic rings. The zero-order valence-corrected chi connectivity index (χ0v) is 10.2. The van der Waals surface area contributed by atoms with E-state index in [9.17, 15) is 9.36 Å². The summed E-state index contributed by atoms with van der Waals surface area (Å²) >= 11 is 0. The maximum atomic E-state index is 11.5. The highest BCUT2D eigenvalue weighted by Gasteiger charge is 2.31. The van der Waals surface area contributed by atoms with Crippen LogP contribution in [0, 0.1) is 17.3 Å². The maximum Gasteiger partial charge on any atom is 0.332 e. The normalized spacial score (nSPS) is 11.8. The number of hydrogen-bond acceptors (Lipinski definition) is 2. The second-order valence-corrected chi connectivity index (χ2v) is 5.66. The number of Topliss-reactive ketones (excluding diaryl/α,β-unsaturated/α-hetero) is 1. The first-order valence-electron chi connectivity index (χ1n) is 4.72. The molecule has 0 bridgehead atoms. The fraction of sp³-hybridized carbons (Fsp3) is 0.700. The highest BCUT2D eigenvalue weighted by atomic mass is 31.2. The van der Waals surface area contributed by atoms with Crippen molar-refractivity contribution in [3.8, 4) is 11.8 Å². The Balaban J connectivity index is 4.46. The zero-order valence-electron chi connectivity index (χ0n) is 9.28. The minimum atomic E-state index is -4.26. The van der Waals surface area contributed by atoms with Gasteiger partial charge in [0.05, 0.1) is 0 Å². The van der Waals surface area contributed by atoms with Crippen LogP contribution in [-0.2, 0) is 9.36 Å². The molecular formula is C10H17O4P. The van der Waals surface area contributed by atoms with Gasteiger partial charge in [-0.15, -0.1) is 11.8 Å². The number of carbonyl (C=O) groups is 1. The van der Waals surface area contributed by atoms with Gasteiger partial charge in [0.2, 0.25) is 0 Å². The summed E-state index contributed by atoms with van der Waals surface area (Å²) in [7, 11) is -4.26. The van der Waals surface area contributed by atoms with Crippen LogP contribution >= 0.6 is 7.60 Å². The molecule has 0 aliphatic carbocycles. The molecule has 0 aliphatic heterocycles. The van der Waals surface area contributed by atoms with Crippen molar-refractivity contribution in [3.05, 3.63) is 0 Å². The lowest BCUT2D eigenvalue weighted by atomic mass is 9.85. The lowest BCUT2D eigenvalue weighted by molar-refractivity contribution is -0.124. The van der Waals surface area contributed by atoms with E-state index < -0.39 is 25.0 Å². The summed E-state index contributed by atoms with van der Waals surface area (Å²) in [5, 5.41) is 0. The second-order valence-electron chi connectivity index (χ2n) is 4.01. The highest BCUT2D eigenvalue weighted by molar-refractivity contribution is 7.52. The van der Waals surface area contributed by atoms with E-state index >= 15 is 0 Å². The fourth-order valence-electron chi connectivity index (χ4n) is 0.908. The quantitative estimate of drug-likeness (QED) is 0.569. The van der Waals surface area contributed by atoms with Gasteiger partial charge in [0.25, 0.3) is 0 Å². The van der Waals surface area contributed by atoms with Crippen LogP contribution in [0.2, 0.25) is 0 Å². The van der Waals surface area contributed by atoms with Crippen LogP contribution in [0.1, 0.15) is 33.6 Å². The molecule has 15 heavy (non-hydrogen) atoms. The average Bonchev–Trinajstić information content (AvgIpc) is 2.01. The van der Waals surface area contributed by atoms with Gasteiger partial charge in [0.15, 0.2) is 5.78 Å². The van der Waals surface area contributed by atoms with Gasteiger partial charge in [-0.1, -0.05) is 20.8 Å². The van der Waals surface area contributed by atoms with Gasteiger partial charge in [0.1, 0.15) is 6.16 Å². The van der Waals surface area contributed by atoms with Crippen LogP contribution in [0.4, 0.5) is 0 Å². The monoisotopic (exact) mass is 232 g/mol. The Morgan fingerprint density at radius 2 is 1.87 bits per heavy atom. The maximum absolute atomic E-state index is 11.5. The predicted molar refractivity (Wildman–Crippen MR) is 58.4 cm³/mol. The molecule has 0 saturated heterocycles. The van der Waals surface area contributed by atoms with Crippen LogP contribution in [-0.4, -0.2) is 21.7 Å². The molecule has 0 fully saturated rings. The molecule has 0 radical (unpaired) electrons. The first-order valence-corrected chi connectivity index (χ1v) is 6.52. The first kappa shape index (κ1) is 14.4. The number of ketones is 1. The van der Waals surface area contributed by atoms with Crippen molar-refractivity contribution in [3.63, 3.8) is 0 Å². The summed E-state index contributed by atoms with van der Waals surface area (Å²) < 4.78 is 10.7. The summed E-state index contributed by atoms with van der Waals surface area (Å²) in [5.74, 6) is 5.20. The van der Waals surface area contributed by atoms with Crippen molar-refractivity contribution in [1.82, 2.24) is 0 Å². The first-order chi connectivity index (χ1) is 6.69. The molecule has 0 aliphatic rings. The number of rotatable bonds is 4. The molecular weight excluding hydrogens is 215 g/mol. The molecule has 4 nitrogen and oxygen atoms in total. The SMILES string of the molecule is CCC#CCC(C)(C)C(=O)CP(=O)(O)O. The summed E-state index contributed by atoms with van der Waals surface area (Å²) in [6, 6.07) is 0. The molecule has 86 valence electrons. The van der Waals surface area contributed by atoms with Gasteiger partial charge >= 0.3 is 7.60 Å².